The lowest BCUT2D eigenvalue weighted by Gasteiger charge is -2.12. The maximum atomic E-state index is 9.18. The molecule has 0 aromatic heterocycles. The van der Waals surface area contributed by atoms with Crippen LogP contribution in [0.1, 0.15) is 36.8 Å². The molecule has 0 aliphatic carbocycles. The summed E-state index contributed by atoms with van der Waals surface area (Å²) in [7, 11) is 1.64. The van der Waals surface area contributed by atoms with Crippen LogP contribution in [0.2, 0.25) is 0 Å². The summed E-state index contributed by atoms with van der Waals surface area (Å²) in [6.07, 6.45) is 4.72. The second-order valence-corrected chi connectivity index (χ2v) is 6.66. The van der Waals surface area contributed by atoms with Gasteiger partial charge in [-0.1, -0.05) is 35.5 Å². The molecule has 0 radical (unpaired) electrons. The molecule has 1 N–H and O–H groups in total. The SMILES string of the molecule is COc1ccc(C2=NOC(CO)C2)cc1OCCCCCc1ccccc1. The fourth-order valence-electron chi connectivity index (χ4n) is 3.10. The number of aliphatic hydroxyl groups is 1. The van der Waals surface area contributed by atoms with Crippen LogP contribution in [-0.2, 0) is 11.3 Å². The Morgan fingerprint density at radius 1 is 1.07 bits per heavy atom. The van der Waals surface area contributed by atoms with Crippen LogP contribution in [0.3, 0.4) is 0 Å². The Morgan fingerprint density at radius 2 is 1.93 bits per heavy atom. The van der Waals surface area contributed by atoms with Crippen LogP contribution < -0.4 is 9.47 Å². The van der Waals surface area contributed by atoms with Gasteiger partial charge in [0.15, 0.2) is 17.6 Å². The van der Waals surface area contributed by atoms with Crippen LogP contribution in [0.15, 0.2) is 53.7 Å². The molecule has 0 amide bonds. The van der Waals surface area contributed by atoms with Crippen LogP contribution >= 0.6 is 0 Å². The summed E-state index contributed by atoms with van der Waals surface area (Å²) in [6, 6.07) is 16.3. The van der Waals surface area contributed by atoms with Crippen molar-refractivity contribution in [3.05, 3.63) is 59.7 Å². The Bertz CT molecular complexity index is 745. The lowest BCUT2D eigenvalue weighted by molar-refractivity contribution is 0.0390. The van der Waals surface area contributed by atoms with Gasteiger partial charge in [-0.25, -0.2) is 0 Å². The summed E-state index contributed by atoms with van der Waals surface area (Å²) in [5.41, 5.74) is 3.14. The number of hydrogen-bond acceptors (Lipinski definition) is 5. The Hall–Kier alpha value is -2.53. The lowest BCUT2D eigenvalue weighted by Crippen LogP contribution is -2.12. The number of benzene rings is 2. The van der Waals surface area contributed by atoms with Crippen LogP contribution in [0.5, 0.6) is 11.5 Å². The minimum absolute atomic E-state index is 0.0322. The van der Waals surface area contributed by atoms with Crippen molar-refractivity contribution >= 4 is 5.71 Å². The summed E-state index contributed by atoms with van der Waals surface area (Å²) in [4.78, 5) is 5.19. The molecular formula is C22H27NO4. The van der Waals surface area contributed by atoms with E-state index in [2.05, 4.69) is 29.4 Å². The van der Waals surface area contributed by atoms with Crippen LogP contribution in [0.25, 0.3) is 0 Å². The molecule has 5 nitrogen and oxygen atoms in total. The minimum atomic E-state index is -0.254. The largest absolute Gasteiger partial charge is 0.493 e. The molecule has 2 aromatic rings. The zero-order chi connectivity index (χ0) is 18.9. The molecule has 2 aromatic carbocycles. The van der Waals surface area contributed by atoms with Crippen LogP contribution in [0.4, 0.5) is 0 Å². The topological polar surface area (TPSA) is 60.3 Å². The molecule has 5 heteroatoms. The van der Waals surface area contributed by atoms with E-state index < -0.39 is 0 Å². The number of nitrogens with zero attached hydrogens (tertiary/aromatic N) is 1. The first-order valence-corrected chi connectivity index (χ1v) is 9.49. The Labute approximate surface area is 160 Å². The molecular weight excluding hydrogens is 342 g/mol. The maximum absolute atomic E-state index is 9.18. The van der Waals surface area contributed by atoms with Crippen molar-refractivity contribution in [2.45, 2.75) is 38.2 Å². The number of ether oxygens (including phenoxy) is 2. The normalized spacial score (nSPS) is 15.9. The number of aliphatic hydroxyl groups excluding tert-OH is 1. The smallest absolute Gasteiger partial charge is 0.161 e. The van der Waals surface area contributed by atoms with E-state index in [0.29, 0.717) is 24.5 Å². The maximum Gasteiger partial charge on any atom is 0.161 e. The molecule has 1 atom stereocenters. The van der Waals surface area contributed by atoms with Gasteiger partial charge in [0.05, 0.1) is 26.0 Å². The second-order valence-electron chi connectivity index (χ2n) is 6.66. The number of aryl methyl sites for hydroxylation is 1. The van der Waals surface area contributed by atoms with E-state index in [9.17, 15) is 5.11 Å². The highest BCUT2D eigenvalue weighted by atomic mass is 16.6. The summed E-state index contributed by atoms with van der Waals surface area (Å²) in [5.74, 6) is 1.43. The highest BCUT2D eigenvalue weighted by Gasteiger charge is 2.22. The number of unbranched alkanes of at least 4 members (excludes halogenated alkanes) is 2. The average molecular weight is 369 g/mol. The standard InChI is InChI=1S/C22H27NO4/c1-25-21-12-11-18(20-15-19(16-24)27-23-20)14-22(21)26-13-7-3-6-10-17-8-4-2-5-9-17/h2,4-5,8-9,11-12,14,19,24H,3,6-7,10,13,15-16H2,1H3. The Kier molecular flexibility index (Phi) is 7.11. The number of oxime groups is 1. The van der Waals surface area contributed by atoms with Crippen molar-refractivity contribution in [3.8, 4) is 11.5 Å². The molecule has 1 aliphatic rings. The molecule has 0 fully saturated rings. The Morgan fingerprint density at radius 3 is 2.67 bits per heavy atom. The molecule has 3 rings (SSSR count). The quantitative estimate of drug-likeness (QED) is 0.644. The molecule has 1 aliphatic heterocycles. The number of rotatable bonds is 10. The molecule has 27 heavy (non-hydrogen) atoms. The van der Waals surface area contributed by atoms with E-state index in [0.717, 1.165) is 37.0 Å². The zero-order valence-electron chi connectivity index (χ0n) is 15.8. The molecule has 0 saturated heterocycles. The lowest BCUT2D eigenvalue weighted by atomic mass is 10.0. The molecule has 0 bridgehead atoms. The highest BCUT2D eigenvalue weighted by Crippen LogP contribution is 2.30. The summed E-state index contributed by atoms with van der Waals surface area (Å²) < 4.78 is 11.4. The second kappa shape index (κ2) is 9.97. The van der Waals surface area contributed by atoms with Gasteiger partial charge in [-0.05, 0) is 49.4 Å². The van der Waals surface area contributed by atoms with Gasteiger partial charge >= 0.3 is 0 Å². The van der Waals surface area contributed by atoms with E-state index in [1.165, 1.54) is 5.56 Å². The highest BCUT2D eigenvalue weighted by molar-refractivity contribution is 6.01. The van der Waals surface area contributed by atoms with Gasteiger partial charge < -0.3 is 19.4 Å². The molecule has 1 heterocycles. The summed E-state index contributed by atoms with van der Waals surface area (Å²) >= 11 is 0. The van der Waals surface area contributed by atoms with Gasteiger partial charge in [0, 0.05) is 12.0 Å². The van der Waals surface area contributed by atoms with Gasteiger partial charge in [-0.2, -0.15) is 0 Å². The van der Waals surface area contributed by atoms with Gasteiger partial charge in [-0.15, -0.1) is 0 Å². The minimum Gasteiger partial charge on any atom is -0.493 e. The van der Waals surface area contributed by atoms with E-state index in [-0.39, 0.29) is 12.7 Å². The third-order valence-electron chi connectivity index (χ3n) is 4.64. The fourth-order valence-corrected chi connectivity index (χ4v) is 3.10. The molecule has 0 spiro atoms. The molecule has 144 valence electrons. The van der Waals surface area contributed by atoms with Crippen molar-refractivity contribution in [2.24, 2.45) is 5.16 Å². The first kappa shape index (κ1) is 19.2. The predicted molar refractivity (Wildman–Crippen MR) is 106 cm³/mol. The first-order chi connectivity index (χ1) is 13.3. The van der Waals surface area contributed by atoms with Crippen molar-refractivity contribution in [3.63, 3.8) is 0 Å². The zero-order valence-corrected chi connectivity index (χ0v) is 15.8. The fraction of sp³-hybridized carbons (Fsp3) is 0.409. The average Bonchev–Trinajstić information content (AvgIpc) is 3.20. The summed E-state index contributed by atoms with van der Waals surface area (Å²) in [6.45, 7) is 0.617. The van der Waals surface area contributed by atoms with Gasteiger partial charge in [-0.3, -0.25) is 0 Å². The van der Waals surface area contributed by atoms with E-state index in [1.54, 1.807) is 7.11 Å². The molecule has 0 saturated carbocycles. The van der Waals surface area contributed by atoms with Crippen molar-refractivity contribution in [1.29, 1.82) is 0 Å². The Balaban J connectivity index is 1.48. The van der Waals surface area contributed by atoms with Crippen molar-refractivity contribution in [1.82, 2.24) is 0 Å². The van der Waals surface area contributed by atoms with E-state index in [4.69, 9.17) is 14.3 Å². The predicted octanol–water partition coefficient (Wildman–Crippen LogP) is 3.97. The van der Waals surface area contributed by atoms with Gasteiger partial charge in [0.1, 0.15) is 0 Å². The monoisotopic (exact) mass is 369 g/mol. The number of hydrogen-bond donors (Lipinski definition) is 1. The van der Waals surface area contributed by atoms with Gasteiger partial charge in [0.25, 0.3) is 0 Å². The van der Waals surface area contributed by atoms with Crippen LogP contribution in [0, 0.1) is 0 Å². The van der Waals surface area contributed by atoms with Crippen molar-refractivity contribution in [2.75, 3.05) is 20.3 Å². The van der Waals surface area contributed by atoms with Gasteiger partial charge in [0.2, 0.25) is 0 Å². The number of methoxy groups -OCH3 is 1. The summed E-state index contributed by atoms with van der Waals surface area (Å²) in [5, 5.41) is 13.2. The van der Waals surface area contributed by atoms with Crippen molar-refractivity contribution < 1.29 is 19.4 Å². The third kappa shape index (κ3) is 5.47. The third-order valence-corrected chi connectivity index (χ3v) is 4.64. The van der Waals surface area contributed by atoms with Crippen LogP contribution in [-0.4, -0.2) is 37.2 Å². The first-order valence-electron chi connectivity index (χ1n) is 9.49. The van der Waals surface area contributed by atoms with E-state index in [1.807, 2.05) is 24.3 Å². The molecule has 1 unspecified atom stereocenters. The van der Waals surface area contributed by atoms with E-state index >= 15 is 0 Å².